The molecule has 9 heteroatoms. The van der Waals surface area contributed by atoms with Gasteiger partial charge in [-0.1, -0.05) is 23.7 Å². The summed E-state index contributed by atoms with van der Waals surface area (Å²) in [5.41, 5.74) is 1.86. The highest BCUT2D eigenvalue weighted by Crippen LogP contribution is 2.17. The Kier molecular flexibility index (Phi) is 5.37. The molecule has 0 radical (unpaired) electrons. The summed E-state index contributed by atoms with van der Waals surface area (Å²) in [6.45, 7) is 2.40. The zero-order chi connectivity index (χ0) is 19.4. The fraction of sp³-hybridized carbons (Fsp3) is 0.111. The average molecular weight is 387 g/mol. The summed E-state index contributed by atoms with van der Waals surface area (Å²) in [6, 6.07) is 11.8. The van der Waals surface area contributed by atoms with Gasteiger partial charge in [0.05, 0.1) is 12.6 Å². The van der Waals surface area contributed by atoms with Crippen LogP contribution in [0, 0.1) is 17.0 Å². The minimum absolute atomic E-state index is 0.208. The van der Waals surface area contributed by atoms with Gasteiger partial charge in [-0.2, -0.15) is 5.10 Å². The number of nitrogens with zero attached hydrogens (tertiary/aromatic N) is 3. The van der Waals surface area contributed by atoms with Gasteiger partial charge >= 0.3 is 5.88 Å². The standard InChI is InChI=1S/C18H15ClN4O4/c1-12-9-16(21-22(12)11-13-3-2-4-14(19)10-13)20-17(24)7-5-15-6-8-18(27-15)23(25)26/h2-10H,11H2,1H3,(H,20,21,24)/b7-5+. The van der Waals surface area contributed by atoms with E-state index in [9.17, 15) is 14.9 Å². The van der Waals surface area contributed by atoms with Gasteiger partial charge < -0.3 is 9.73 Å². The topological polar surface area (TPSA) is 103 Å². The molecule has 2 aromatic heterocycles. The van der Waals surface area contributed by atoms with Crippen LogP contribution in [0.5, 0.6) is 0 Å². The van der Waals surface area contributed by atoms with E-state index in [4.69, 9.17) is 16.0 Å². The number of aromatic nitrogens is 2. The van der Waals surface area contributed by atoms with Crippen LogP contribution < -0.4 is 5.32 Å². The monoisotopic (exact) mass is 386 g/mol. The predicted octanol–water partition coefficient (Wildman–Crippen LogP) is 4.05. The fourth-order valence-corrected chi connectivity index (χ4v) is 2.61. The van der Waals surface area contributed by atoms with Crippen molar-refractivity contribution in [3.8, 4) is 0 Å². The quantitative estimate of drug-likeness (QED) is 0.391. The molecule has 2 heterocycles. The van der Waals surface area contributed by atoms with Crippen molar-refractivity contribution in [2.75, 3.05) is 5.32 Å². The maximum absolute atomic E-state index is 12.0. The van der Waals surface area contributed by atoms with E-state index in [1.807, 2.05) is 25.1 Å². The van der Waals surface area contributed by atoms with Gasteiger partial charge in [-0.25, -0.2) is 0 Å². The van der Waals surface area contributed by atoms with E-state index in [0.29, 0.717) is 17.4 Å². The largest absolute Gasteiger partial charge is 0.433 e. The van der Waals surface area contributed by atoms with Crippen molar-refractivity contribution in [1.82, 2.24) is 9.78 Å². The lowest BCUT2D eigenvalue weighted by molar-refractivity contribution is -0.402. The number of carbonyl (C=O) groups is 1. The molecule has 138 valence electrons. The molecule has 0 aliphatic heterocycles. The van der Waals surface area contributed by atoms with Gasteiger partial charge in [0.2, 0.25) is 5.91 Å². The number of hydrogen-bond acceptors (Lipinski definition) is 5. The number of nitro groups is 1. The maximum Gasteiger partial charge on any atom is 0.433 e. The van der Waals surface area contributed by atoms with Crippen LogP contribution in [0.3, 0.4) is 0 Å². The van der Waals surface area contributed by atoms with Gasteiger partial charge in [0.15, 0.2) is 5.82 Å². The Morgan fingerprint density at radius 1 is 1.37 bits per heavy atom. The van der Waals surface area contributed by atoms with Crippen LogP contribution in [-0.4, -0.2) is 20.6 Å². The van der Waals surface area contributed by atoms with Gasteiger partial charge in [0.25, 0.3) is 0 Å². The molecule has 0 spiro atoms. The van der Waals surface area contributed by atoms with E-state index in [1.165, 1.54) is 24.3 Å². The van der Waals surface area contributed by atoms with Crippen molar-refractivity contribution in [2.24, 2.45) is 0 Å². The summed E-state index contributed by atoms with van der Waals surface area (Å²) in [5.74, 6) is -0.207. The van der Waals surface area contributed by atoms with Crippen LogP contribution in [0.2, 0.25) is 5.02 Å². The van der Waals surface area contributed by atoms with Gasteiger partial charge in [-0.3, -0.25) is 19.6 Å². The average Bonchev–Trinajstić information content (AvgIpc) is 3.20. The molecule has 8 nitrogen and oxygen atoms in total. The molecule has 0 saturated heterocycles. The first kappa shape index (κ1) is 18.4. The lowest BCUT2D eigenvalue weighted by atomic mass is 10.2. The van der Waals surface area contributed by atoms with Crippen LogP contribution in [0.15, 0.2) is 53.0 Å². The van der Waals surface area contributed by atoms with E-state index in [0.717, 1.165) is 11.3 Å². The van der Waals surface area contributed by atoms with Crippen molar-refractivity contribution in [3.05, 3.63) is 80.7 Å². The third-order valence-electron chi connectivity index (χ3n) is 3.65. The molecule has 3 aromatic rings. The molecule has 3 rings (SSSR count). The van der Waals surface area contributed by atoms with Gasteiger partial charge in [0, 0.05) is 22.9 Å². The Bertz CT molecular complexity index is 1020. The van der Waals surface area contributed by atoms with Crippen molar-refractivity contribution >= 4 is 35.3 Å². The number of aryl methyl sites for hydroxylation is 1. The van der Waals surface area contributed by atoms with Crippen molar-refractivity contribution in [2.45, 2.75) is 13.5 Å². The number of nitrogens with one attached hydrogen (secondary N) is 1. The highest BCUT2D eigenvalue weighted by atomic mass is 35.5. The summed E-state index contributed by atoms with van der Waals surface area (Å²) in [4.78, 5) is 21.9. The first-order valence-corrected chi connectivity index (χ1v) is 8.31. The number of anilines is 1. The minimum atomic E-state index is -0.646. The summed E-state index contributed by atoms with van der Waals surface area (Å²) < 4.78 is 6.70. The molecule has 0 aliphatic rings. The molecule has 0 atom stereocenters. The first-order chi connectivity index (χ1) is 12.9. The Balaban J connectivity index is 1.64. The lowest BCUT2D eigenvalue weighted by Gasteiger charge is -2.04. The van der Waals surface area contributed by atoms with Crippen LogP contribution in [-0.2, 0) is 11.3 Å². The van der Waals surface area contributed by atoms with Crippen LogP contribution >= 0.6 is 11.6 Å². The van der Waals surface area contributed by atoms with Crippen LogP contribution in [0.4, 0.5) is 11.7 Å². The molecule has 1 N–H and O–H groups in total. The summed E-state index contributed by atoms with van der Waals surface area (Å²) in [5, 5.41) is 18.2. The zero-order valence-corrected chi connectivity index (χ0v) is 15.0. The highest BCUT2D eigenvalue weighted by molar-refractivity contribution is 6.30. The second-order valence-electron chi connectivity index (χ2n) is 5.71. The van der Waals surface area contributed by atoms with Crippen LogP contribution in [0.1, 0.15) is 17.0 Å². The normalized spacial score (nSPS) is 11.0. The zero-order valence-electron chi connectivity index (χ0n) is 14.3. The third kappa shape index (κ3) is 4.83. The number of hydrogen-bond donors (Lipinski definition) is 1. The van der Waals surface area contributed by atoms with Crippen molar-refractivity contribution in [3.63, 3.8) is 0 Å². The molecule has 0 aliphatic carbocycles. The van der Waals surface area contributed by atoms with E-state index in [-0.39, 0.29) is 11.6 Å². The smallest absolute Gasteiger partial charge is 0.401 e. The van der Waals surface area contributed by atoms with E-state index < -0.39 is 10.8 Å². The molecule has 1 amide bonds. The van der Waals surface area contributed by atoms with Crippen molar-refractivity contribution < 1.29 is 14.1 Å². The first-order valence-electron chi connectivity index (χ1n) is 7.93. The van der Waals surface area contributed by atoms with Gasteiger partial charge in [-0.05, 0) is 36.8 Å². The molecular weight excluding hydrogens is 372 g/mol. The third-order valence-corrected chi connectivity index (χ3v) is 3.88. The predicted molar refractivity (Wildman–Crippen MR) is 101 cm³/mol. The van der Waals surface area contributed by atoms with Crippen molar-refractivity contribution in [1.29, 1.82) is 0 Å². The second kappa shape index (κ2) is 7.88. The highest BCUT2D eigenvalue weighted by Gasteiger charge is 2.11. The fourth-order valence-electron chi connectivity index (χ4n) is 2.40. The molecule has 27 heavy (non-hydrogen) atoms. The minimum Gasteiger partial charge on any atom is -0.401 e. The number of amides is 1. The Morgan fingerprint density at radius 3 is 2.89 bits per heavy atom. The summed E-state index contributed by atoms with van der Waals surface area (Å²) >= 11 is 5.99. The summed E-state index contributed by atoms with van der Waals surface area (Å²) in [7, 11) is 0. The van der Waals surface area contributed by atoms with Gasteiger partial charge in [0.1, 0.15) is 10.7 Å². The summed E-state index contributed by atoms with van der Waals surface area (Å²) in [6.07, 6.45) is 2.56. The number of benzene rings is 1. The number of halogens is 1. The molecular formula is C18H15ClN4O4. The Labute approximate surface area is 159 Å². The molecule has 0 unspecified atom stereocenters. The van der Waals surface area contributed by atoms with E-state index >= 15 is 0 Å². The molecule has 0 bridgehead atoms. The SMILES string of the molecule is Cc1cc(NC(=O)/C=C/c2ccc([N+](=O)[O-])o2)nn1Cc1cccc(Cl)c1. The van der Waals surface area contributed by atoms with Crippen LogP contribution in [0.25, 0.3) is 6.08 Å². The van der Waals surface area contributed by atoms with E-state index in [2.05, 4.69) is 10.4 Å². The maximum atomic E-state index is 12.0. The molecule has 0 saturated carbocycles. The van der Waals surface area contributed by atoms with Gasteiger partial charge in [-0.15, -0.1) is 0 Å². The number of carbonyl (C=O) groups excluding carboxylic acids is 1. The number of rotatable bonds is 6. The Hall–Kier alpha value is -3.39. The lowest BCUT2D eigenvalue weighted by Crippen LogP contribution is -2.09. The molecule has 1 aromatic carbocycles. The van der Waals surface area contributed by atoms with E-state index in [1.54, 1.807) is 16.8 Å². The molecule has 0 fully saturated rings. The Morgan fingerprint density at radius 2 is 2.19 bits per heavy atom. The second-order valence-corrected chi connectivity index (χ2v) is 6.15. The number of furan rings is 1.